The van der Waals surface area contributed by atoms with Crippen LogP contribution in [0.15, 0.2) is 12.1 Å². The molecule has 0 saturated carbocycles. The summed E-state index contributed by atoms with van der Waals surface area (Å²) in [5.74, 6) is -1.13. The fourth-order valence-corrected chi connectivity index (χ4v) is 2.60. The maximum absolute atomic E-state index is 11.7. The first-order valence-corrected chi connectivity index (χ1v) is 6.98. The number of hydrogen-bond acceptors (Lipinski definition) is 6. The lowest BCUT2D eigenvalue weighted by atomic mass is 10.3. The summed E-state index contributed by atoms with van der Waals surface area (Å²) in [6, 6.07) is 3.20. The van der Waals surface area contributed by atoms with Crippen molar-refractivity contribution in [1.82, 2.24) is 4.98 Å². The van der Waals surface area contributed by atoms with E-state index in [1.165, 1.54) is 7.11 Å². The molecule has 0 amide bonds. The molecule has 0 atom stereocenters. The van der Waals surface area contributed by atoms with Gasteiger partial charge in [-0.2, -0.15) is 0 Å². The van der Waals surface area contributed by atoms with Gasteiger partial charge < -0.3 is 9.47 Å². The number of hydrogen-bond donors (Lipinski definition) is 0. The third-order valence-electron chi connectivity index (χ3n) is 2.25. The highest BCUT2D eigenvalue weighted by Crippen LogP contribution is 2.16. The molecule has 1 aromatic heterocycles. The number of rotatable bonds is 5. The monoisotopic (exact) mass is 273 g/mol. The van der Waals surface area contributed by atoms with Crippen LogP contribution in [0.4, 0.5) is 0 Å². The number of pyridine rings is 1. The molecule has 100 valence electrons. The van der Waals surface area contributed by atoms with Crippen molar-refractivity contribution >= 4 is 15.8 Å². The minimum atomic E-state index is -3.56. The van der Waals surface area contributed by atoms with Crippen LogP contribution in [-0.2, 0) is 25.1 Å². The summed E-state index contributed by atoms with van der Waals surface area (Å²) < 4.78 is 32.7. The number of methoxy groups -OCH3 is 2. The van der Waals surface area contributed by atoms with E-state index >= 15 is 0 Å². The summed E-state index contributed by atoms with van der Waals surface area (Å²) in [6.07, 6.45) is 0. The fraction of sp³-hybridized carbons (Fsp3) is 0.455. The minimum Gasteiger partial charge on any atom is -0.495 e. The molecule has 0 aliphatic rings. The van der Waals surface area contributed by atoms with E-state index in [4.69, 9.17) is 4.74 Å². The van der Waals surface area contributed by atoms with Gasteiger partial charge in [0.15, 0.2) is 9.84 Å². The largest absolute Gasteiger partial charge is 0.495 e. The van der Waals surface area contributed by atoms with Crippen LogP contribution >= 0.6 is 0 Å². The Kier molecular flexibility index (Phi) is 4.66. The van der Waals surface area contributed by atoms with Gasteiger partial charge in [-0.05, 0) is 19.1 Å². The first-order valence-electron chi connectivity index (χ1n) is 5.15. The van der Waals surface area contributed by atoms with Crippen molar-refractivity contribution in [3.8, 4) is 5.75 Å². The normalized spacial score (nSPS) is 11.1. The molecular formula is C11H15NO5S. The standard InChI is InChI=1S/C11H15NO5S/c1-8-10(16-2)5-4-9(12-8)6-18(14,15)7-11(13)17-3/h4-5H,6-7H2,1-3H3. The molecule has 0 aromatic carbocycles. The number of aromatic nitrogens is 1. The van der Waals surface area contributed by atoms with Gasteiger partial charge in [0.05, 0.1) is 31.4 Å². The highest BCUT2D eigenvalue weighted by molar-refractivity contribution is 7.91. The molecule has 6 nitrogen and oxygen atoms in total. The van der Waals surface area contributed by atoms with E-state index in [2.05, 4.69) is 9.72 Å². The second kappa shape index (κ2) is 5.81. The molecule has 0 fully saturated rings. The van der Waals surface area contributed by atoms with E-state index in [-0.39, 0.29) is 5.75 Å². The van der Waals surface area contributed by atoms with Crippen LogP contribution < -0.4 is 4.74 Å². The van der Waals surface area contributed by atoms with E-state index in [1.54, 1.807) is 19.1 Å². The number of carbonyl (C=O) groups excluding carboxylic acids is 1. The van der Waals surface area contributed by atoms with Gasteiger partial charge in [0, 0.05) is 0 Å². The topological polar surface area (TPSA) is 82.6 Å². The van der Waals surface area contributed by atoms with Crippen LogP contribution in [0.25, 0.3) is 0 Å². The molecule has 0 unspecified atom stereocenters. The Balaban J connectivity index is 2.84. The van der Waals surface area contributed by atoms with Crippen molar-refractivity contribution in [2.45, 2.75) is 12.7 Å². The van der Waals surface area contributed by atoms with Crippen molar-refractivity contribution in [3.05, 3.63) is 23.5 Å². The fourth-order valence-electron chi connectivity index (χ4n) is 1.41. The van der Waals surface area contributed by atoms with E-state index < -0.39 is 21.6 Å². The van der Waals surface area contributed by atoms with Crippen LogP contribution in [0.1, 0.15) is 11.4 Å². The van der Waals surface area contributed by atoms with Crippen LogP contribution in [0, 0.1) is 6.92 Å². The molecule has 1 heterocycles. The van der Waals surface area contributed by atoms with E-state index in [0.29, 0.717) is 17.1 Å². The summed E-state index contributed by atoms with van der Waals surface area (Å²) in [5, 5.41) is 0. The summed E-state index contributed by atoms with van der Waals surface area (Å²) in [4.78, 5) is 15.0. The van der Waals surface area contributed by atoms with Crippen LogP contribution in [0.5, 0.6) is 5.75 Å². The quantitative estimate of drug-likeness (QED) is 0.726. The van der Waals surface area contributed by atoms with Gasteiger partial charge in [0.1, 0.15) is 11.5 Å². The lowest BCUT2D eigenvalue weighted by molar-refractivity contribution is -0.137. The number of esters is 1. The zero-order chi connectivity index (χ0) is 13.8. The van der Waals surface area contributed by atoms with Gasteiger partial charge >= 0.3 is 5.97 Å². The molecule has 0 aliphatic heterocycles. The summed E-state index contributed by atoms with van der Waals surface area (Å²) in [5.41, 5.74) is 0.973. The third-order valence-corrected chi connectivity index (χ3v) is 3.66. The summed E-state index contributed by atoms with van der Waals surface area (Å²) in [7, 11) is -0.902. The second-order valence-corrected chi connectivity index (χ2v) is 5.76. The van der Waals surface area contributed by atoms with Crippen molar-refractivity contribution in [3.63, 3.8) is 0 Å². The summed E-state index contributed by atoms with van der Waals surface area (Å²) >= 11 is 0. The Labute approximate surface area is 106 Å². The third kappa shape index (κ3) is 3.99. The Morgan fingerprint density at radius 3 is 2.50 bits per heavy atom. The molecule has 0 spiro atoms. The molecular weight excluding hydrogens is 258 g/mol. The predicted molar refractivity (Wildman–Crippen MR) is 65.0 cm³/mol. The Morgan fingerprint density at radius 2 is 2.00 bits per heavy atom. The van der Waals surface area contributed by atoms with E-state index in [0.717, 1.165) is 7.11 Å². The zero-order valence-electron chi connectivity index (χ0n) is 10.5. The van der Waals surface area contributed by atoms with Gasteiger partial charge in [-0.25, -0.2) is 8.42 Å². The lowest BCUT2D eigenvalue weighted by Gasteiger charge is -2.07. The second-order valence-electron chi connectivity index (χ2n) is 3.70. The average Bonchev–Trinajstić information content (AvgIpc) is 2.27. The Morgan fingerprint density at radius 1 is 1.33 bits per heavy atom. The molecule has 18 heavy (non-hydrogen) atoms. The maximum atomic E-state index is 11.7. The molecule has 7 heteroatoms. The number of ether oxygens (including phenoxy) is 2. The van der Waals surface area contributed by atoms with Gasteiger partial charge in [0.2, 0.25) is 0 Å². The van der Waals surface area contributed by atoms with E-state index in [1.807, 2.05) is 0 Å². The lowest BCUT2D eigenvalue weighted by Crippen LogP contribution is -2.19. The highest BCUT2D eigenvalue weighted by Gasteiger charge is 2.19. The zero-order valence-corrected chi connectivity index (χ0v) is 11.3. The van der Waals surface area contributed by atoms with Crippen molar-refractivity contribution in [2.24, 2.45) is 0 Å². The highest BCUT2D eigenvalue weighted by atomic mass is 32.2. The first kappa shape index (κ1) is 14.4. The maximum Gasteiger partial charge on any atom is 0.320 e. The Hall–Kier alpha value is -1.63. The van der Waals surface area contributed by atoms with Gasteiger partial charge in [-0.15, -0.1) is 0 Å². The van der Waals surface area contributed by atoms with Gasteiger partial charge in [0.25, 0.3) is 0 Å². The van der Waals surface area contributed by atoms with Crippen molar-refractivity contribution in [1.29, 1.82) is 0 Å². The molecule has 1 aromatic rings. The Bertz CT molecular complexity index is 538. The molecule has 0 N–H and O–H groups in total. The average molecular weight is 273 g/mol. The number of sulfone groups is 1. The molecule has 0 aliphatic carbocycles. The molecule has 0 bridgehead atoms. The minimum absolute atomic E-state index is 0.299. The predicted octanol–water partition coefficient (Wildman–Crippen LogP) is 0.486. The molecule has 1 rings (SSSR count). The molecule has 0 saturated heterocycles. The van der Waals surface area contributed by atoms with Crippen molar-refractivity contribution in [2.75, 3.05) is 20.0 Å². The smallest absolute Gasteiger partial charge is 0.320 e. The van der Waals surface area contributed by atoms with Gasteiger partial charge in [-0.3, -0.25) is 9.78 Å². The number of nitrogens with zero attached hydrogens (tertiary/aromatic N) is 1. The van der Waals surface area contributed by atoms with E-state index in [9.17, 15) is 13.2 Å². The molecule has 0 radical (unpaired) electrons. The number of aryl methyl sites for hydroxylation is 1. The van der Waals surface area contributed by atoms with Crippen LogP contribution in [0.3, 0.4) is 0 Å². The SMILES string of the molecule is COC(=O)CS(=O)(=O)Cc1ccc(OC)c(C)n1. The van der Waals surface area contributed by atoms with Crippen LogP contribution in [0.2, 0.25) is 0 Å². The van der Waals surface area contributed by atoms with Gasteiger partial charge in [-0.1, -0.05) is 0 Å². The first-order chi connectivity index (χ1) is 8.38. The number of carbonyl (C=O) groups is 1. The summed E-state index contributed by atoms with van der Waals surface area (Å²) in [6.45, 7) is 1.72. The van der Waals surface area contributed by atoms with Crippen molar-refractivity contribution < 1.29 is 22.7 Å². The van der Waals surface area contributed by atoms with Crippen LogP contribution in [-0.4, -0.2) is 39.3 Å².